The first-order valence-electron chi connectivity index (χ1n) is 6.12. The minimum Gasteiger partial charge on any atom is -0.497 e. The molecule has 0 amide bonds. The molecular formula is C14H18N2O2. The van der Waals surface area contributed by atoms with E-state index in [1.54, 1.807) is 13.2 Å². The average molecular weight is 246 g/mol. The summed E-state index contributed by atoms with van der Waals surface area (Å²) in [5, 5.41) is 9.20. The van der Waals surface area contributed by atoms with E-state index in [4.69, 9.17) is 9.47 Å². The zero-order valence-electron chi connectivity index (χ0n) is 11.0. The SMILES string of the molecule is COc1ccc(C#N)c(N2CC(C)OC(C)C2)c1. The summed E-state index contributed by atoms with van der Waals surface area (Å²) in [6.07, 6.45) is 0.345. The molecule has 1 heterocycles. The van der Waals surface area contributed by atoms with Crippen LogP contribution in [0.1, 0.15) is 19.4 Å². The average Bonchev–Trinajstić information content (AvgIpc) is 2.36. The second-order valence-corrected chi connectivity index (χ2v) is 4.66. The van der Waals surface area contributed by atoms with Gasteiger partial charge in [0.2, 0.25) is 0 Å². The first-order chi connectivity index (χ1) is 8.63. The fourth-order valence-corrected chi connectivity index (χ4v) is 2.37. The molecule has 0 N–H and O–H groups in total. The van der Waals surface area contributed by atoms with Crippen LogP contribution in [-0.4, -0.2) is 32.4 Å². The Morgan fingerprint density at radius 3 is 2.56 bits per heavy atom. The highest BCUT2D eigenvalue weighted by Crippen LogP contribution is 2.28. The van der Waals surface area contributed by atoms with Crippen molar-refractivity contribution in [1.29, 1.82) is 5.26 Å². The van der Waals surface area contributed by atoms with Crippen molar-refractivity contribution >= 4 is 5.69 Å². The van der Waals surface area contributed by atoms with Crippen molar-refractivity contribution in [2.75, 3.05) is 25.1 Å². The molecule has 2 rings (SSSR count). The van der Waals surface area contributed by atoms with E-state index in [9.17, 15) is 5.26 Å². The van der Waals surface area contributed by atoms with E-state index in [2.05, 4.69) is 24.8 Å². The van der Waals surface area contributed by atoms with Crippen LogP contribution in [0.15, 0.2) is 18.2 Å². The molecule has 1 aromatic carbocycles. The van der Waals surface area contributed by atoms with Crippen LogP contribution in [0.3, 0.4) is 0 Å². The van der Waals surface area contributed by atoms with Gasteiger partial charge in [0.25, 0.3) is 0 Å². The summed E-state index contributed by atoms with van der Waals surface area (Å²) in [6, 6.07) is 7.78. The summed E-state index contributed by atoms with van der Waals surface area (Å²) in [5.41, 5.74) is 1.61. The summed E-state index contributed by atoms with van der Waals surface area (Å²) < 4.78 is 10.9. The van der Waals surface area contributed by atoms with Crippen molar-refractivity contribution in [3.63, 3.8) is 0 Å². The van der Waals surface area contributed by atoms with Gasteiger partial charge in [-0.05, 0) is 26.0 Å². The van der Waals surface area contributed by atoms with Crippen LogP contribution in [-0.2, 0) is 4.74 Å². The Hall–Kier alpha value is -1.73. The monoisotopic (exact) mass is 246 g/mol. The van der Waals surface area contributed by atoms with Gasteiger partial charge in [0.15, 0.2) is 0 Å². The van der Waals surface area contributed by atoms with E-state index in [0.29, 0.717) is 5.56 Å². The van der Waals surface area contributed by atoms with Crippen molar-refractivity contribution in [2.24, 2.45) is 0 Å². The molecule has 1 aliphatic heterocycles. The van der Waals surface area contributed by atoms with E-state index in [0.717, 1.165) is 24.5 Å². The molecule has 0 radical (unpaired) electrons. The summed E-state index contributed by atoms with van der Waals surface area (Å²) >= 11 is 0. The quantitative estimate of drug-likeness (QED) is 0.802. The summed E-state index contributed by atoms with van der Waals surface area (Å²) in [4.78, 5) is 2.19. The highest BCUT2D eigenvalue weighted by molar-refractivity contribution is 5.62. The van der Waals surface area contributed by atoms with E-state index in [-0.39, 0.29) is 12.2 Å². The number of rotatable bonds is 2. The number of methoxy groups -OCH3 is 1. The number of ether oxygens (including phenoxy) is 2. The Morgan fingerprint density at radius 1 is 1.33 bits per heavy atom. The minimum atomic E-state index is 0.173. The van der Waals surface area contributed by atoms with Gasteiger partial charge in [0.05, 0.1) is 30.6 Å². The van der Waals surface area contributed by atoms with Gasteiger partial charge in [-0.1, -0.05) is 0 Å². The molecule has 0 aromatic heterocycles. The Kier molecular flexibility index (Phi) is 3.73. The molecule has 4 nitrogen and oxygen atoms in total. The smallest absolute Gasteiger partial charge is 0.121 e. The summed E-state index contributed by atoms with van der Waals surface area (Å²) in [5.74, 6) is 0.774. The molecule has 96 valence electrons. The third-order valence-corrected chi connectivity index (χ3v) is 3.09. The maximum absolute atomic E-state index is 9.20. The Balaban J connectivity index is 2.33. The molecule has 4 heteroatoms. The Labute approximate surface area is 108 Å². The topological polar surface area (TPSA) is 45.5 Å². The molecular weight excluding hydrogens is 228 g/mol. The Bertz CT molecular complexity index is 457. The number of nitrogens with zero attached hydrogens (tertiary/aromatic N) is 2. The number of benzene rings is 1. The second kappa shape index (κ2) is 5.28. The fourth-order valence-electron chi connectivity index (χ4n) is 2.37. The Morgan fingerprint density at radius 2 is 2.00 bits per heavy atom. The predicted molar refractivity (Wildman–Crippen MR) is 69.9 cm³/mol. The van der Waals surface area contributed by atoms with Gasteiger partial charge in [0.1, 0.15) is 11.8 Å². The lowest BCUT2D eigenvalue weighted by Crippen LogP contribution is -2.45. The van der Waals surface area contributed by atoms with Crippen LogP contribution in [0.4, 0.5) is 5.69 Å². The number of nitriles is 1. The summed E-state index contributed by atoms with van der Waals surface area (Å²) in [7, 11) is 1.63. The lowest BCUT2D eigenvalue weighted by atomic mass is 10.1. The number of hydrogen-bond acceptors (Lipinski definition) is 4. The standard InChI is InChI=1S/C14H18N2O2/c1-10-8-16(9-11(2)18-10)14-6-13(17-3)5-4-12(14)7-15/h4-6,10-11H,8-9H2,1-3H3. The largest absolute Gasteiger partial charge is 0.497 e. The van der Waals surface area contributed by atoms with Crippen LogP contribution in [0, 0.1) is 11.3 Å². The predicted octanol–water partition coefficient (Wildman–Crippen LogP) is 2.18. The maximum atomic E-state index is 9.20. The normalized spacial score (nSPS) is 23.6. The zero-order valence-corrected chi connectivity index (χ0v) is 11.0. The molecule has 2 unspecified atom stereocenters. The van der Waals surface area contributed by atoms with E-state index in [1.165, 1.54) is 0 Å². The van der Waals surface area contributed by atoms with E-state index >= 15 is 0 Å². The molecule has 1 fully saturated rings. The van der Waals surface area contributed by atoms with Crippen molar-refractivity contribution in [1.82, 2.24) is 0 Å². The van der Waals surface area contributed by atoms with Gasteiger partial charge < -0.3 is 14.4 Å². The molecule has 0 spiro atoms. The third-order valence-electron chi connectivity index (χ3n) is 3.09. The molecule has 1 saturated heterocycles. The highest BCUT2D eigenvalue weighted by atomic mass is 16.5. The van der Waals surface area contributed by atoms with Crippen LogP contribution in [0.5, 0.6) is 5.75 Å². The van der Waals surface area contributed by atoms with Gasteiger partial charge in [-0.25, -0.2) is 0 Å². The first-order valence-corrected chi connectivity index (χ1v) is 6.12. The summed E-state index contributed by atoms with van der Waals surface area (Å²) in [6.45, 7) is 5.70. The third kappa shape index (κ3) is 2.57. The zero-order chi connectivity index (χ0) is 13.1. The van der Waals surface area contributed by atoms with Gasteiger partial charge in [-0.2, -0.15) is 5.26 Å². The number of hydrogen-bond donors (Lipinski definition) is 0. The van der Waals surface area contributed by atoms with Crippen LogP contribution >= 0.6 is 0 Å². The molecule has 1 aromatic rings. The maximum Gasteiger partial charge on any atom is 0.121 e. The minimum absolute atomic E-state index is 0.173. The van der Waals surface area contributed by atoms with Crippen molar-refractivity contribution < 1.29 is 9.47 Å². The van der Waals surface area contributed by atoms with Crippen LogP contribution < -0.4 is 9.64 Å². The molecule has 0 aliphatic carbocycles. The van der Waals surface area contributed by atoms with Gasteiger partial charge in [0, 0.05) is 19.2 Å². The van der Waals surface area contributed by atoms with Gasteiger partial charge >= 0.3 is 0 Å². The van der Waals surface area contributed by atoms with Crippen LogP contribution in [0.25, 0.3) is 0 Å². The lowest BCUT2D eigenvalue weighted by Gasteiger charge is -2.37. The van der Waals surface area contributed by atoms with Gasteiger partial charge in [-0.3, -0.25) is 0 Å². The van der Waals surface area contributed by atoms with Crippen molar-refractivity contribution in [3.8, 4) is 11.8 Å². The first kappa shape index (κ1) is 12.7. The van der Waals surface area contributed by atoms with Gasteiger partial charge in [-0.15, -0.1) is 0 Å². The molecule has 2 atom stereocenters. The van der Waals surface area contributed by atoms with Crippen molar-refractivity contribution in [2.45, 2.75) is 26.1 Å². The second-order valence-electron chi connectivity index (χ2n) is 4.66. The lowest BCUT2D eigenvalue weighted by molar-refractivity contribution is -0.00524. The number of morpholine rings is 1. The molecule has 18 heavy (non-hydrogen) atoms. The van der Waals surface area contributed by atoms with E-state index < -0.39 is 0 Å². The molecule has 0 bridgehead atoms. The number of anilines is 1. The van der Waals surface area contributed by atoms with Crippen LogP contribution in [0.2, 0.25) is 0 Å². The van der Waals surface area contributed by atoms with E-state index in [1.807, 2.05) is 12.1 Å². The molecule has 1 aliphatic rings. The fraction of sp³-hybridized carbons (Fsp3) is 0.500. The highest BCUT2D eigenvalue weighted by Gasteiger charge is 2.24. The molecule has 0 saturated carbocycles. The van der Waals surface area contributed by atoms with Crippen molar-refractivity contribution in [3.05, 3.63) is 23.8 Å².